The number of aromatic nitrogens is 1. The van der Waals surface area contributed by atoms with Gasteiger partial charge in [-0.15, -0.1) is 0 Å². The van der Waals surface area contributed by atoms with Gasteiger partial charge in [-0.1, -0.05) is 0 Å². The van der Waals surface area contributed by atoms with Crippen molar-refractivity contribution in [3.63, 3.8) is 0 Å². The molecule has 1 amide bonds. The highest BCUT2D eigenvalue weighted by Crippen LogP contribution is 2.34. The first-order valence-corrected chi connectivity index (χ1v) is 8.57. The number of H-pyrrole nitrogens is 1. The summed E-state index contributed by atoms with van der Waals surface area (Å²) in [4.78, 5) is 28.4. The number of likely N-dealkylation sites (tertiary alicyclic amines) is 1. The summed E-state index contributed by atoms with van der Waals surface area (Å²) >= 11 is 0. The first kappa shape index (κ1) is 17.3. The summed E-state index contributed by atoms with van der Waals surface area (Å²) < 4.78 is 5.43. The van der Waals surface area contributed by atoms with E-state index in [9.17, 15) is 14.7 Å². The van der Waals surface area contributed by atoms with Crippen molar-refractivity contribution < 1.29 is 19.4 Å². The van der Waals surface area contributed by atoms with E-state index in [1.165, 1.54) is 0 Å². The Kier molecular flexibility index (Phi) is 4.45. The van der Waals surface area contributed by atoms with Crippen LogP contribution in [0.5, 0.6) is 0 Å². The SMILES string of the molecule is CC(C)(C)OC(=O)N1CCC(c2c[nH]c3ccc(C(=O)O)cc23)CC1. The molecule has 0 spiro atoms. The first-order chi connectivity index (χ1) is 11.7. The molecule has 1 aliphatic rings. The van der Waals surface area contributed by atoms with Crippen molar-refractivity contribution in [3.05, 3.63) is 35.5 Å². The van der Waals surface area contributed by atoms with Crippen molar-refractivity contribution >= 4 is 23.0 Å². The van der Waals surface area contributed by atoms with E-state index < -0.39 is 11.6 Å². The fourth-order valence-corrected chi connectivity index (χ4v) is 3.31. The predicted molar refractivity (Wildman–Crippen MR) is 95.0 cm³/mol. The molecule has 2 heterocycles. The maximum atomic E-state index is 12.2. The van der Waals surface area contributed by atoms with Gasteiger partial charge in [0.05, 0.1) is 5.56 Å². The molecule has 0 saturated carbocycles. The number of carbonyl (C=O) groups excluding carboxylic acids is 1. The van der Waals surface area contributed by atoms with Gasteiger partial charge in [-0.05, 0) is 63.3 Å². The van der Waals surface area contributed by atoms with Crippen LogP contribution >= 0.6 is 0 Å². The van der Waals surface area contributed by atoms with Crippen molar-refractivity contribution in [1.82, 2.24) is 9.88 Å². The Labute approximate surface area is 146 Å². The third kappa shape index (κ3) is 3.78. The summed E-state index contributed by atoms with van der Waals surface area (Å²) in [7, 11) is 0. The van der Waals surface area contributed by atoms with E-state index in [-0.39, 0.29) is 6.09 Å². The lowest BCUT2D eigenvalue weighted by Crippen LogP contribution is -2.41. The standard InChI is InChI=1S/C19H24N2O4/c1-19(2,3)25-18(24)21-8-6-12(7-9-21)15-11-20-16-5-4-13(17(22)23)10-14(15)16/h4-5,10-12,20H,6-9H2,1-3H3,(H,22,23). The number of benzene rings is 1. The van der Waals surface area contributed by atoms with Gasteiger partial charge in [-0.3, -0.25) is 0 Å². The van der Waals surface area contributed by atoms with E-state index in [0.29, 0.717) is 24.6 Å². The number of carboxylic acid groups (broad SMARTS) is 1. The third-order valence-electron chi connectivity index (χ3n) is 4.55. The largest absolute Gasteiger partial charge is 0.478 e. The molecule has 1 aliphatic heterocycles. The highest BCUT2D eigenvalue weighted by molar-refractivity contribution is 5.94. The van der Waals surface area contributed by atoms with Crippen LogP contribution in [0.25, 0.3) is 10.9 Å². The zero-order chi connectivity index (χ0) is 18.2. The molecule has 2 N–H and O–H groups in total. The molecule has 0 bridgehead atoms. The molecule has 1 fully saturated rings. The second-order valence-corrected chi connectivity index (χ2v) is 7.55. The number of aromatic carboxylic acids is 1. The number of amides is 1. The molecule has 1 aromatic heterocycles. The second-order valence-electron chi connectivity index (χ2n) is 7.55. The molecule has 0 unspecified atom stereocenters. The number of ether oxygens (including phenoxy) is 1. The Morgan fingerprint density at radius 3 is 2.52 bits per heavy atom. The van der Waals surface area contributed by atoms with Gasteiger partial charge in [0.25, 0.3) is 0 Å². The summed E-state index contributed by atoms with van der Waals surface area (Å²) in [5.41, 5.74) is 1.87. The molecule has 134 valence electrons. The van der Waals surface area contributed by atoms with Gasteiger partial charge in [0.15, 0.2) is 0 Å². The van der Waals surface area contributed by atoms with Crippen LogP contribution < -0.4 is 0 Å². The van der Waals surface area contributed by atoms with E-state index >= 15 is 0 Å². The summed E-state index contributed by atoms with van der Waals surface area (Å²) in [5.74, 6) is -0.620. The molecular weight excluding hydrogens is 320 g/mol. The minimum atomic E-state index is -0.922. The Balaban J connectivity index is 1.73. The quantitative estimate of drug-likeness (QED) is 0.863. The van der Waals surface area contributed by atoms with Crippen LogP contribution in [0.4, 0.5) is 4.79 Å². The van der Waals surface area contributed by atoms with E-state index in [2.05, 4.69) is 4.98 Å². The van der Waals surface area contributed by atoms with Gasteiger partial charge in [-0.25, -0.2) is 9.59 Å². The van der Waals surface area contributed by atoms with Gasteiger partial charge in [-0.2, -0.15) is 0 Å². The van der Waals surface area contributed by atoms with Crippen LogP contribution in [0.2, 0.25) is 0 Å². The van der Waals surface area contributed by atoms with Crippen molar-refractivity contribution in [2.45, 2.75) is 45.1 Å². The molecule has 6 nitrogen and oxygen atoms in total. The molecule has 25 heavy (non-hydrogen) atoms. The molecule has 1 saturated heterocycles. The number of carbonyl (C=O) groups is 2. The van der Waals surface area contributed by atoms with E-state index in [1.807, 2.05) is 27.0 Å². The second kappa shape index (κ2) is 6.43. The van der Waals surface area contributed by atoms with Crippen LogP contribution in [-0.2, 0) is 4.74 Å². The Bertz CT molecular complexity index is 795. The highest BCUT2D eigenvalue weighted by Gasteiger charge is 2.28. The van der Waals surface area contributed by atoms with Gasteiger partial charge in [0, 0.05) is 30.2 Å². The number of hydrogen-bond acceptors (Lipinski definition) is 3. The zero-order valence-electron chi connectivity index (χ0n) is 14.8. The predicted octanol–water partition coefficient (Wildman–Crippen LogP) is 3.98. The Morgan fingerprint density at radius 2 is 1.92 bits per heavy atom. The molecule has 0 aliphatic carbocycles. The van der Waals surface area contributed by atoms with Crippen molar-refractivity contribution in [1.29, 1.82) is 0 Å². The summed E-state index contributed by atoms with van der Waals surface area (Å²) in [6.07, 6.45) is 3.37. The monoisotopic (exact) mass is 344 g/mol. The van der Waals surface area contributed by atoms with Gasteiger partial charge in [0.2, 0.25) is 0 Å². The molecule has 2 aromatic rings. The van der Waals surface area contributed by atoms with E-state index in [0.717, 1.165) is 29.3 Å². The minimum absolute atomic E-state index is 0.266. The molecule has 3 rings (SSSR count). The molecule has 6 heteroatoms. The van der Waals surface area contributed by atoms with Crippen LogP contribution in [0, 0.1) is 0 Å². The molecule has 0 radical (unpaired) electrons. The number of piperidine rings is 1. The van der Waals surface area contributed by atoms with Crippen LogP contribution in [0.1, 0.15) is 55.5 Å². The van der Waals surface area contributed by atoms with Gasteiger partial charge < -0.3 is 19.7 Å². The van der Waals surface area contributed by atoms with Crippen LogP contribution in [0.3, 0.4) is 0 Å². The van der Waals surface area contributed by atoms with E-state index in [1.54, 1.807) is 23.1 Å². The average Bonchev–Trinajstić information content (AvgIpc) is 2.96. The van der Waals surface area contributed by atoms with Gasteiger partial charge >= 0.3 is 12.1 Å². The normalized spacial score (nSPS) is 16.2. The van der Waals surface area contributed by atoms with Crippen molar-refractivity contribution in [2.75, 3.05) is 13.1 Å². The number of carboxylic acids is 1. The maximum absolute atomic E-state index is 12.2. The van der Waals surface area contributed by atoms with Crippen molar-refractivity contribution in [3.8, 4) is 0 Å². The Morgan fingerprint density at radius 1 is 1.24 bits per heavy atom. The third-order valence-corrected chi connectivity index (χ3v) is 4.55. The number of hydrogen-bond donors (Lipinski definition) is 2. The molecular formula is C19H24N2O4. The number of aromatic amines is 1. The Hall–Kier alpha value is -2.50. The lowest BCUT2D eigenvalue weighted by Gasteiger charge is -2.33. The fourth-order valence-electron chi connectivity index (χ4n) is 3.31. The zero-order valence-corrected chi connectivity index (χ0v) is 14.8. The van der Waals surface area contributed by atoms with Crippen LogP contribution in [0.15, 0.2) is 24.4 Å². The fraction of sp³-hybridized carbons (Fsp3) is 0.474. The molecule has 1 aromatic carbocycles. The average molecular weight is 344 g/mol. The minimum Gasteiger partial charge on any atom is -0.478 e. The summed E-state index contributed by atoms with van der Waals surface area (Å²) in [6.45, 7) is 6.88. The number of fused-ring (bicyclic) bond motifs is 1. The smallest absolute Gasteiger partial charge is 0.410 e. The van der Waals surface area contributed by atoms with E-state index in [4.69, 9.17) is 4.74 Å². The number of nitrogens with one attached hydrogen (secondary N) is 1. The summed E-state index contributed by atoms with van der Waals surface area (Å²) in [6, 6.07) is 5.14. The van der Waals surface area contributed by atoms with Gasteiger partial charge in [0.1, 0.15) is 5.60 Å². The van der Waals surface area contributed by atoms with Crippen LogP contribution in [-0.4, -0.2) is 45.7 Å². The lowest BCUT2D eigenvalue weighted by atomic mass is 9.89. The summed E-state index contributed by atoms with van der Waals surface area (Å²) in [5, 5.41) is 10.2. The maximum Gasteiger partial charge on any atom is 0.410 e. The van der Waals surface area contributed by atoms with Crippen molar-refractivity contribution in [2.24, 2.45) is 0 Å². The lowest BCUT2D eigenvalue weighted by molar-refractivity contribution is 0.0205. The highest BCUT2D eigenvalue weighted by atomic mass is 16.6. The number of rotatable bonds is 2. The topological polar surface area (TPSA) is 82.6 Å². The molecule has 0 atom stereocenters. The first-order valence-electron chi connectivity index (χ1n) is 8.57. The number of nitrogens with zero attached hydrogens (tertiary/aromatic N) is 1.